The first-order valence-corrected chi connectivity index (χ1v) is 10.9. The zero-order chi connectivity index (χ0) is 21.9. The normalized spacial score (nSPS) is 28.0. The van der Waals surface area contributed by atoms with Crippen molar-refractivity contribution in [3.05, 3.63) is 29.3 Å². The van der Waals surface area contributed by atoms with E-state index < -0.39 is 5.60 Å². The first-order chi connectivity index (χ1) is 14.2. The van der Waals surface area contributed by atoms with Crippen LogP contribution in [0.3, 0.4) is 0 Å². The molecule has 3 rings (SSSR count). The van der Waals surface area contributed by atoms with Gasteiger partial charge in [-0.05, 0) is 81.5 Å². The summed E-state index contributed by atoms with van der Waals surface area (Å²) in [6.07, 6.45) is 5.53. The molecule has 166 valence electrons. The van der Waals surface area contributed by atoms with Crippen LogP contribution in [-0.4, -0.2) is 50.2 Å². The third kappa shape index (κ3) is 4.70. The molecule has 0 unspecified atom stereocenters. The van der Waals surface area contributed by atoms with E-state index in [1.807, 2.05) is 18.2 Å². The predicted molar refractivity (Wildman–Crippen MR) is 117 cm³/mol. The number of methoxy groups -OCH3 is 2. The van der Waals surface area contributed by atoms with E-state index in [9.17, 15) is 4.79 Å². The number of hydrogen-bond donors (Lipinski definition) is 2. The minimum atomic E-state index is -0.942. The maximum Gasteiger partial charge on any atom is 0.165 e. The zero-order valence-corrected chi connectivity index (χ0v) is 19.0. The van der Waals surface area contributed by atoms with E-state index in [1.54, 1.807) is 28.1 Å². The van der Waals surface area contributed by atoms with Crippen LogP contribution < -0.4 is 10.1 Å². The van der Waals surface area contributed by atoms with Gasteiger partial charge in [0, 0.05) is 25.8 Å². The third-order valence-corrected chi connectivity index (χ3v) is 7.07. The van der Waals surface area contributed by atoms with Crippen LogP contribution in [0.5, 0.6) is 5.75 Å². The first-order valence-electron chi connectivity index (χ1n) is 10.9. The summed E-state index contributed by atoms with van der Waals surface area (Å²) < 4.78 is 17.0. The minimum Gasteiger partial charge on any atom is -0.487 e. The molecule has 30 heavy (non-hydrogen) atoms. The molecule has 1 aliphatic heterocycles. The van der Waals surface area contributed by atoms with E-state index in [-0.39, 0.29) is 17.3 Å². The fraction of sp³-hybridized carbons (Fsp3) is 0.667. The van der Waals surface area contributed by atoms with Crippen LogP contribution in [0, 0.1) is 10.8 Å². The second-order valence-corrected chi connectivity index (χ2v) is 9.37. The molecule has 0 saturated heterocycles. The number of rotatable bonds is 7. The number of ether oxygens (including phenoxy) is 3. The highest BCUT2D eigenvalue weighted by Gasteiger charge is 2.42. The highest BCUT2D eigenvalue weighted by Crippen LogP contribution is 2.37. The van der Waals surface area contributed by atoms with Gasteiger partial charge in [0.25, 0.3) is 0 Å². The Labute approximate surface area is 180 Å². The summed E-state index contributed by atoms with van der Waals surface area (Å²) in [5, 5.41) is 12.0. The average molecular weight is 417 g/mol. The maximum atomic E-state index is 12.1. The number of nitrogens with one attached hydrogen (secondary N) is 2. The van der Waals surface area contributed by atoms with E-state index in [0.29, 0.717) is 18.3 Å². The van der Waals surface area contributed by atoms with Gasteiger partial charge >= 0.3 is 0 Å². The Kier molecular flexibility index (Phi) is 6.88. The molecule has 1 aromatic carbocycles. The predicted octanol–water partition coefficient (Wildman–Crippen LogP) is 3.88. The lowest BCUT2D eigenvalue weighted by atomic mass is 9.74. The van der Waals surface area contributed by atoms with Gasteiger partial charge < -0.3 is 19.5 Å². The number of ketones is 1. The SMILES string of the molecule is COC[C@]1(C)CC[C@@H](NC(=N)c2ccc3c(c2)CC[C@H]([C@](C)(OC)C(C)=O)O3)CC1. The molecule has 0 amide bonds. The van der Waals surface area contributed by atoms with Gasteiger partial charge in [0.05, 0.1) is 6.61 Å². The van der Waals surface area contributed by atoms with E-state index in [2.05, 4.69) is 12.2 Å². The zero-order valence-electron chi connectivity index (χ0n) is 19.0. The maximum absolute atomic E-state index is 12.1. The van der Waals surface area contributed by atoms with Gasteiger partial charge in [-0.25, -0.2) is 0 Å². The summed E-state index contributed by atoms with van der Waals surface area (Å²) in [4.78, 5) is 12.1. The molecule has 2 atom stereocenters. The van der Waals surface area contributed by atoms with Crippen molar-refractivity contribution in [2.45, 2.75) is 77.0 Å². The quantitative estimate of drug-likeness (QED) is 0.521. The number of aryl methyl sites for hydroxylation is 1. The Morgan fingerprint density at radius 2 is 2.00 bits per heavy atom. The van der Waals surface area contributed by atoms with Gasteiger partial charge in [-0.1, -0.05) is 6.92 Å². The van der Waals surface area contributed by atoms with Crippen LogP contribution >= 0.6 is 0 Å². The summed E-state index contributed by atoms with van der Waals surface area (Å²) in [6, 6.07) is 6.21. The number of fused-ring (bicyclic) bond motifs is 1. The van der Waals surface area contributed by atoms with Crippen LogP contribution in [0.2, 0.25) is 0 Å². The van der Waals surface area contributed by atoms with E-state index >= 15 is 0 Å². The summed E-state index contributed by atoms with van der Waals surface area (Å²) in [6.45, 7) is 6.42. The first kappa shape index (κ1) is 22.8. The van der Waals surface area contributed by atoms with Gasteiger partial charge in [-0.15, -0.1) is 0 Å². The molecule has 6 heteroatoms. The molecular formula is C24H36N2O4. The average Bonchev–Trinajstić information content (AvgIpc) is 2.74. The van der Waals surface area contributed by atoms with Gasteiger partial charge in [0.1, 0.15) is 17.7 Å². The van der Waals surface area contributed by atoms with Crippen molar-refractivity contribution in [2.75, 3.05) is 20.8 Å². The van der Waals surface area contributed by atoms with Gasteiger partial charge in [-0.3, -0.25) is 10.2 Å². The monoisotopic (exact) mass is 416 g/mol. The molecule has 2 aliphatic rings. The molecule has 2 N–H and O–H groups in total. The number of amidine groups is 1. The Morgan fingerprint density at radius 1 is 1.30 bits per heavy atom. The highest BCUT2D eigenvalue weighted by atomic mass is 16.5. The lowest BCUT2D eigenvalue weighted by molar-refractivity contribution is -0.149. The van der Waals surface area contributed by atoms with Crippen LogP contribution in [0.25, 0.3) is 0 Å². The van der Waals surface area contributed by atoms with Gasteiger partial charge in [0.2, 0.25) is 0 Å². The second kappa shape index (κ2) is 9.06. The van der Waals surface area contributed by atoms with Crippen molar-refractivity contribution in [3.63, 3.8) is 0 Å². The summed E-state index contributed by atoms with van der Waals surface area (Å²) in [7, 11) is 3.32. The minimum absolute atomic E-state index is 0.0323. The van der Waals surface area contributed by atoms with Crippen molar-refractivity contribution in [3.8, 4) is 5.75 Å². The van der Waals surface area contributed by atoms with Crippen molar-refractivity contribution in [1.29, 1.82) is 5.41 Å². The fourth-order valence-corrected chi connectivity index (χ4v) is 4.67. The molecule has 1 heterocycles. The highest BCUT2D eigenvalue weighted by molar-refractivity contribution is 5.97. The lowest BCUT2D eigenvalue weighted by Gasteiger charge is -2.38. The van der Waals surface area contributed by atoms with Gasteiger partial charge in [-0.2, -0.15) is 0 Å². The number of carbonyl (C=O) groups excluding carboxylic acids is 1. The van der Waals surface area contributed by atoms with E-state index in [0.717, 1.165) is 55.6 Å². The molecule has 1 saturated carbocycles. The van der Waals surface area contributed by atoms with Crippen molar-refractivity contribution in [2.24, 2.45) is 5.41 Å². The molecule has 1 aliphatic carbocycles. The molecule has 0 spiro atoms. The van der Waals surface area contributed by atoms with E-state index in [4.69, 9.17) is 19.6 Å². The summed E-state index contributed by atoms with van der Waals surface area (Å²) in [5.74, 6) is 1.21. The molecule has 0 aromatic heterocycles. The topological polar surface area (TPSA) is 80.6 Å². The van der Waals surface area contributed by atoms with Crippen molar-refractivity contribution >= 4 is 11.6 Å². The standard InChI is InChI=1S/C24H36N2O4/c1-16(27)24(3,29-5)21-9-7-17-14-18(6-8-20(17)30-21)22(25)26-19-10-12-23(2,13-11-19)15-28-4/h6,8,14,19,21H,7,9-13,15H2,1-5H3,(H2,25,26)/t19-,21-,23-,24-/m1/s1. The smallest absolute Gasteiger partial charge is 0.165 e. The summed E-state index contributed by atoms with van der Waals surface area (Å²) >= 11 is 0. The Morgan fingerprint density at radius 3 is 2.60 bits per heavy atom. The van der Waals surface area contributed by atoms with Crippen molar-refractivity contribution in [1.82, 2.24) is 5.32 Å². The number of benzene rings is 1. The van der Waals surface area contributed by atoms with Crippen LogP contribution in [0.15, 0.2) is 18.2 Å². The van der Waals surface area contributed by atoms with Crippen LogP contribution in [0.4, 0.5) is 0 Å². The number of carbonyl (C=O) groups is 1. The van der Waals surface area contributed by atoms with Gasteiger partial charge in [0.15, 0.2) is 11.4 Å². The second-order valence-electron chi connectivity index (χ2n) is 9.37. The molecule has 1 fully saturated rings. The Balaban J connectivity index is 1.62. The number of Topliss-reactive ketones (excluding diaryl/α,β-unsaturated/α-hetero) is 1. The van der Waals surface area contributed by atoms with Crippen LogP contribution in [0.1, 0.15) is 64.0 Å². The Bertz CT molecular complexity index is 785. The molecule has 6 nitrogen and oxygen atoms in total. The lowest BCUT2D eigenvalue weighted by Crippen LogP contribution is -2.51. The fourth-order valence-electron chi connectivity index (χ4n) is 4.67. The third-order valence-electron chi connectivity index (χ3n) is 7.07. The molecule has 1 aromatic rings. The molecular weight excluding hydrogens is 380 g/mol. The molecule has 0 radical (unpaired) electrons. The summed E-state index contributed by atoms with van der Waals surface area (Å²) in [5.41, 5.74) is 1.27. The van der Waals surface area contributed by atoms with Crippen molar-refractivity contribution < 1.29 is 19.0 Å². The largest absolute Gasteiger partial charge is 0.487 e. The van der Waals surface area contributed by atoms with Crippen LogP contribution in [-0.2, 0) is 20.7 Å². The van der Waals surface area contributed by atoms with E-state index in [1.165, 1.54) is 0 Å². The Hall–Kier alpha value is -1.92. The molecule has 0 bridgehead atoms. The number of hydrogen-bond acceptors (Lipinski definition) is 5.